The first-order valence-electron chi connectivity index (χ1n) is 6.37. The molecule has 0 unspecified atom stereocenters. The van der Waals surface area contributed by atoms with E-state index in [1.807, 2.05) is 6.92 Å². The summed E-state index contributed by atoms with van der Waals surface area (Å²) in [6.07, 6.45) is 1.49. The highest BCUT2D eigenvalue weighted by molar-refractivity contribution is 5.97. The summed E-state index contributed by atoms with van der Waals surface area (Å²) in [5, 5.41) is 13.3. The minimum Gasteiger partial charge on any atom is -0.508 e. The average Bonchev–Trinajstić information content (AvgIpc) is 2.81. The van der Waals surface area contributed by atoms with E-state index < -0.39 is 0 Å². The smallest absolute Gasteiger partial charge is 0.274 e. The summed E-state index contributed by atoms with van der Waals surface area (Å²) in [6.45, 7) is 2.93. The van der Waals surface area contributed by atoms with Crippen LogP contribution in [0.25, 0.3) is 0 Å². The Labute approximate surface area is 117 Å². The van der Waals surface area contributed by atoms with Crippen LogP contribution in [0.4, 0.5) is 5.69 Å². The van der Waals surface area contributed by atoms with E-state index in [0.717, 1.165) is 5.56 Å². The molecule has 0 aliphatic heterocycles. The highest BCUT2D eigenvalue weighted by Gasteiger charge is 2.20. The van der Waals surface area contributed by atoms with Gasteiger partial charge >= 0.3 is 0 Å². The van der Waals surface area contributed by atoms with Gasteiger partial charge in [0.05, 0.1) is 11.9 Å². The number of hydrogen-bond donors (Lipinski definition) is 2. The normalized spacial score (nSPS) is 10.5. The van der Waals surface area contributed by atoms with Gasteiger partial charge in [-0.3, -0.25) is 9.48 Å². The lowest BCUT2D eigenvalue weighted by atomic mass is 10.2. The third kappa shape index (κ3) is 2.74. The molecule has 0 bridgehead atoms. The van der Waals surface area contributed by atoms with Crippen molar-refractivity contribution in [2.75, 3.05) is 12.8 Å². The van der Waals surface area contributed by atoms with Crippen molar-refractivity contribution in [3.8, 4) is 5.75 Å². The van der Waals surface area contributed by atoms with Crippen LogP contribution in [0.5, 0.6) is 5.75 Å². The fraction of sp³-hybridized carbons (Fsp3) is 0.286. The van der Waals surface area contributed by atoms with E-state index in [1.165, 1.54) is 6.20 Å². The van der Waals surface area contributed by atoms with E-state index in [2.05, 4.69) is 5.10 Å². The molecule has 2 rings (SSSR count). The number of aromatic hydroxyl groups is 1. The lowest BCUT2D eigenvalue weighted by Gasteiger charge is -2.18. The Morgan fingerprint density at radius 2 is 2.05 bits per heavy atom. The maximum atomic E-state index is 12.4. The molecule has 20 heavy (non-hydrogen) atoms. The molecule has 0 aliphatic rings. The first-order chi connectivity index (χ1) is 9.52. The highest BCUT2D eigenvalue weighted by atomic mass is 16.3. The number of carbonyl (C=O) groups is 1. The standard InChI is InChI=1S/C14H18N4O2/c1-3-18-13(12(15)8-16-18)14(20)17(2)9-10-4-6-11(19)7-5-10/h4-8,19H,3,9,15H2,1-2H3. The quantitative estimate of drug-likeness (QED) is 0.884. The van der Waals surface area contributed by atoms with Crippen molar-refractivity contribution in [1.82, 2.24) is 14.7 Å². The van der Waals surface area contributed by atoms with Crippen LogP contribution in [0.3, 0.4) is 0 Å². The molecule has 1 aromatic carbocycles. The van der Waals surface area contributed by atoms with Crippen LogP contribution in [0.15, 0.2) is 30.5 Å². The number of rotatable bonds is 4. The second-order valence-corrected chi connectivity index (χ2v) is 4.59. The predicted octanol–water partition coefficient (Wildman–Crippen LogP) is 1.46. The molecule has 0 saturated heterocycles. The van der Waals surface area contributed by atoms with E-state index in [1.54, 1.807) is 40.9 Å². The van der Waals surface area contributed by atoms with Gasteiger partial charge < -0.3 is 15.7 Å². The molecule has 6 nitrogen and oxygen atoms in total. The number of aromatic nitrogens is 2. The van der Waals surface area contributed by atoms with Gasteiger partial charge in [0.1, 0.15) is 11.4 Å². The molecule has 0 saturated carbocycles. The molecule has 0 aliphatic carbocycles. The van der Waals surface area contributed by atoms with E-state index in [9.17, 15) is 9.90 Å². The molecule has 0 fully saturated rings. The molecule has 3 N–H and O–H groups in total. The van der Waals surface area contributed by atoms with Gasteiger partial charge in [-0.25, -0.2) is 0 Å². The average molecular weight is 274 g/mol. The largest absolute Gasteiger partial charge is 0.508 e. The summed E-state index contributed by atoms with van der Waals surface area (Å²) in [7, 11) is 1.71. The Balaban J connectivity index is 2.16. The van der Waals surface area contributed by atoms with Crippen molar-refractivity contribution in [2.24, 2.45) is 0 Å². The van der Waals surface area contributed by atoms with Gasteiger partial charge in [0.2, 0.25) is 0 Å². The van der Waals surface area contributed by atoms with Crippen molar-refractivity contribution >= 4 is 11.6 Å². The molecule has 0 radical (unpaired) electrons. The molecule has 0 atom stereocenters. The molecular weight excluding hydrogens is 256 g/mol. The lowest BCUT2D eigenvalue weighted by Crippen LogP contribution is -2.29. The number of benzene rings is 1. The van der Waals surface area contributed by atoms with E-state index in [4.69, 9.17) is 5.73 Å². The van der Waals surface area contributed by atoms with Crippen LogP contribution >= 0.6 is 0 Å². The van der Waals surface area contributed by atoms with Crippen LogP contribution in [0.2, 0.25) is 0 Å². The number of nitrogens with two attached hydrogens (primary N) is 1. The zero-order chi connectivity index (χ0) is 14.7. The van der Waals surface area contributed by atoms with Crippen molar-refractivity contribution in [2.45, 2.75) is 20.0 Å². The van der Waals surface area contributed by atoms with Crippen molar-refractivity contribution in [1.29, 1.82) is 0 Å². The molecular formula is C14H18N4O2. The molecule has 2 aromatic rings. The van der Waals surface area contributed by atoms with Gasteiger partial charge in [-0.1, -0.05) is 12.1 Å². The van der Waals surface area contributed by atoms with Crippen LogP contribution in [0, 0.1) is 0 Å². The minimum absolute atomic E-state index is 0.171. The molecule has 1 heterocycles. The summed E-state index contributed by atoms with van der Waals surface area (Å²) < 4.78 is 1.59. The summed E-state index contributed by atoms with van der Waals surface area (Å²) in [5.74, 6) is 0.0333. The molecule has 106 valence electrons. The number of hydrogen-bond acceptors (Lipinski definition) is 4. The zero-order valence-electron chi connectivity index (χ0n) is 11.6. The topological polar surface area (TPSA) is 84.4 Å². The number of amides is 1. The Morgan fingerprint density at radius 1 is 1.40 bits per heavy atom. The molecule has 1 aromatic heterocycles. The summed E-state index contributed by atoms with van der Waals surface area (Å²) in [4.78, 5) is 14.0. The second-order valence-electron chi connectivity index (χ2n) is 4.59. The zero-order valence-corrected chi connectivity index (χ0v) is 11.6. The Hall–Kier alpha value is -2.50. The van der Waals surface area contributed by atoms with Gasteiger partial charge in [0, 0.05) is 20.1 Å². The Kier molecular flexibility index (Phi) is 3.93. The van der Waals surface area contributed by atoms with Gasteiger partial charge in [-0.2, -0.15) is 5.10 Å². The molecule has 6 heteroatoms. The maximum absolute atomic E-state index is 12.4. The SMILES string of the molecule is CCn1ncc(N)c1C(=O)N(C)Cc1ccc(O)cc1. The summed E-state index contributed by atoms with van der Waals surface area (Å²) >= 11 is 0. The monoisotopic (exact) mass is 274 g/mol. The lowest BCUT2D eigenvalue weighted by molar-refractivity contribution is 0.0774. The van der Waals surface area contributed by atoms with Crippen molar-refractivity contribution in [3.05, 3.63) is 41.7 Å². The third-order valence-electron chi connectivity index (χ3n) is 3.07. The van der Waals surface area contributed by atoms with Crippen molar-refractivity contribution in [3.63, 3.8) is 0 Å². The van der Waals surface area contributed by atoms with Gasteiger partial charge in [0.25, 0.3) is 5.91 Å². The first kappa shape index (κ1) is 13.9. The Morgan fingerprint density at radius 3 is 2.65 bits per heavy atom. The molecule has 1 amide bonds. The summed E-state index contributed by atoms with van der Waals surface area (Å²) in [5.41, 5.74) is 7.53. The first-order valence-corrected chi connectivity index (χ1v) is 6.37. The van der Waals surface area contributed by atoms with E-state index in [0.29, 0.717) is 24.5 Å². The molecule has 0 spiro atoms. The summed E-state index contributed by atoms with van der Waals surface area (Å²) in [6, 6.07) is 6.75. The van der Waals surface area contributed by atoms with Gasteiger partial charge in [-0.05, 0) is 24.6 Å². The van der Waals surface area contributed by atoms with E-state index >= 15 is 0 Å². The number of phenolic OH excluding ortho intramolecular Hbond substituents is 1. The Bertz CT molecular complexity index is 604. The van der Waals surface area contributed by atoms with E-state index in [-0.39, 0.29) is 11.7 Å². The highest BCUT2D eigenvalue weighted by Crippen LogP contribution is 2.16. The fourth-order valence-corrected chi connectivity index (χ4v) is 2.00. The number of aryl methyl sites for hydroxylation is 1. The number of nitrogens with zero attached hydrogens (tertiary/aromatic N) is 3. The van der Waals surface area contributed by atoms with Crippen LogP contribution < -0.4 is 5.73 Å². The van der Waals surface area contributed by atoms with Crippen LogP contribution in [0.1, 0.15) is 23.0 Å². The second kappa shape index (κ2) is 5.64. The maximum Gasteiger partial charge on any atom is 0.274 e. The third-order valence-corrected chi connectivity index (χ3v) is 3.07. The predicted molar refractivity (Wildman–Crippen MR) is 76.2 cm³/mol. The van der Waals surface area contributed by atoms with Gasteiger partial charge in [0.15, 0.2) is 0 Å². The van der Waals surface area contributed by atoms with Gasteiger partial charge in [-0.15, -0.1) is 0 Å². The number of anilines is 1. The number of carbonyl (C=O) groups excluding carboxylic acids is 1. The number of phenols is 1. The minimum atomic E-state index is -0.171. The van der Waals surface area contributed by atoms with Crippen LogP contribution in [-0.4, -0.2) is 32.7 Å². The fourth-order valence-electron chi connectivity index (χ4n) is 2.00. The van der Waals surface area contributed by atoms with Crippen molar-refractivity contribution < 1.29 is 9.90 Å². The van der Waals surface area contributed by atoms with Crippen LogP contribution in [-0.2, 0) is 13.1 Å². The number of nitrogen functional groups attached to an aromatic ring is 1.